The number of anilines is 1. The smallest absolute Gasteiger partial charge is 0.328 e. The molecule has 0 aliphatic carbocycles. The zero-order chi connectivity index (χ0) is 13.8. The summed E-state index contributed by atoms with van der Waals surface area (Å²) in [7, 11) is 0. The molecule has 0 saturated carbocycles. The van der Waals surface area contributed by atoms with Gasteiger partial charge in [0.1, 0.15) is 0 Å². The van der Waals surface area contributed by atoms with Crippen molar-refractivity contribution in [1.29, 1.82) is 0 Å². The van der Waals surface area contributed by atoms with Crippen molar-refractivity contribution in [2.45, 2.75) is 26.7 Å². The Balaban J connectivity index is 2.13. The lowest BCUT2D eigenvalue weighted by Crippen LogP contribution is -2.20. The van der Waals surface area contributed by atoms with Gasteiger partial charge in [-0.3, -0.25) is 0 Å². The average Bonchev–Trinajstić information content (AvgIpc) is 2.85. The number of aryl methyl sites for hydroxylation is 1. The molecule has 102 valence electrons. The molecule has 0 amide bonds. The van der Waals surface area contributed by atoms with Crippen LogP contribution in [0.25, 0.3) is 6.08 Å². The minimum absolute atomic E-state index is 0.811. The van der Waals surface area contributed by atoms with E-state index in [-0.39, 0.29) is 0 Å². The number of carboxylic acid groups (broad SMARTS) is 1. The maximum atomic E-state index is 10.5. The number of hydrogen-bond acceptors (Lipinski definition) is 2. The second kappa shape index (κ2) is 5.91. The first kappa shape index (κ1) is 13.7. The topological polar surface area (TPSA) is 40.5 Å². The Morgan fingerprint density at radius 2 is 2.32 bits per heavy atom. The molecule has 1 aromatic carbocycles. The fraction of sp³-hybridized carbons (Fsp3) is 0.438. The van der Waals surface area contributed by atoms with Crippen LogP contribution in [0.1, 0.15) is 30.9 Å². The van der Waals surface area contributed by atoms with Gasteiger partial charge in [-0.2, -0.15) is 0 Å². The normalized spacial score (nSPS) is 19.3. The Kier molecular flexibility index (Phi) is 4.25. The van der Waals surface area contributed by atoms with Gasteiger partial charge in [-0.15, -0.1) is 0 Å². The number of carboxylic acids is 1. The Labute approximate surface area is 114 Å². The Morgan fingerprint density at radius 3 is 2.89 bits per heavy atom. The van der Waals surface area contributed by atoms with Crippen LogP contribution in [0.2, 0.25) is 0 Å². The van der Waals surface area contributed by atoms with Crippen LogP contribution in [-0.4, -0.2) is 24.2 Å². The third kappa shape index (κ3) is 3.37. The minimum atomic E-state index is -0.910. The highest BCUT2D eigenvalue weighted by atomic mass is 16.4. The molecule has 1 heterocycles. The molecule has 1 aliphatic rings. The molecule has 2 rings (SSSR count). The molecule has 0 radical (unpaired) electrons. The van der Waals surface area contributed by atoms with Crippen LogP contribution >= 0.6 is 0 Å². The fourth-order valence-electron chi connectivity index (χ4n) is 2.69. The molecular weight excluding hydrogens is 238 g/mol. The fourth-order valence-corrected chi connectivity index (χ4v) is 2.69. The van der Waals surface area contributed by atoms with Gasteiger partial charge in [0.25, 0.3) is 0 Å². The molecule has 1 N–H and O–H groups in total. The summed E-state index contributed by atoms with van der Waals surface area (Å²) in [6.45, 7) is 6.61. The van der Waals surface area contributed by atoms with E-state index in [0.717, 1.165) is 24.6 Å². The molecule has 1 fully saturated rings. The Hall–Kier alpha value is -1.77. The number of nitrogens with zero attached hydrogens (tertiary/aromatic N) is 1. The van der Waals surface area contributed by atoms with Crippen LogP contribution in [0.4, 0.5) is 5.69 Å². The molecule has 1 aliphatic heterocycles. The predicted octanol–water partition coefficient (Wildman–Crippen LogP) is 3.33. The van der Waals surface area contributed by atoms with Crippen molar-refractivity contribution < 1.29 is 9.90 Å². The summed E-state index contributed by atoms with van der Waals surface area (Å²) in [5.74, 6) is -0.0990. The van der Waals surface area contributed by atoms with Crippen LogP contribution in [-0.2, 0) is 4.79 Å². The van der Waals surface area contributed by atoms with Crippen LogP contribution in [0.3, 0.4) is 0 Å². The van der Waals surface area contributed by atoms with E-state index in [4.69, 9.17) is 5.11 Å². The second-order valence-electron chi connectivity index (χ2n) is 5.23. The highest BCUT2D eigenvalue weighted by Crippen LogP contribution is 2.28. The van der Waals surface area contributed by atoms with E-state index in [9.17, 15) is 4.79 Å². The summed E-state index contributed by atoms with van der Waals surface area (Å²) in [5, 5.41) is 8.63. The first-order valence-electron chi connectivity index (χ1n) is 6.86. The van der Waals surface area contributed by atoms with Crippen LogP contribution in [0.15, 0.2) is 24.3 Å². The van der Waals surface area contributed by atoms with Gasteiger partial charge in [-0.1, -0.05) is 19.4 Å². The number of hydrogen-bond donors (Lipinski definition) is 1. The van der Waals surface area contributed by atoms with Gasteiger partial charge in [0.15, 0.2) is 0 Å². The molecule has 3 heteroatoms. The first-order valence-corrected chi connectivity index (χ1v) is 6.86. The quantitative estimate of drug-likeness (QED) is 0.843. The summed E-state index contributed by atoms with van der Waals surface area (Å²) in [4.78, 5) is 12.9. The van der Waals surface area contributed by atoms with Crippen molar-refractivity contribution in [3.63, 3.8) is 0 Å². The van der Waals surface area contributed by atoms with Gasteiger partial charge >= 0.3 is 5.97 Å². The largest absolute Gasteiger partial charge is 0.478 e. The molecule has 1 aromatic rings. The zero-order valence-corrected chi connectivity index (χ0v) is 11.6. The number of rotatable bonds is 4. The van der Waals surface area contributed by atoms with E-state index in [1.165, 1.54) is 30.2 Å². The van der Waals surface area contributed by atoms with Crippen molar-refractivity contribution in [1.82, 2.24) is 0 Å². The van der Waals surface area contributed by atoms with E-state index in [0.29, 0.717) is 0 Å². The lowest BCUT2D eigenvalue weighted by atomic mass is 10.1. The van der Waals surface area contributed by atoms with Gasteiger partial charge < -0.3 is 10.0 Å². The lowest BCUT2D eigenvalue weighted by molar-refractivity contribution is -0.131. The summed E-state index contributed by atoms with van der Waals surface area (Å²) >= 11 is 0. The van der Waals surface area contributed by atoms with E-state index in [1.807, 2.05) is 12.1 Å². The van der Waals surface area contributed by atoms with E-state index >= 15 is 0 Å². The highest BCUT2D eigenvalue weighted by Gasteiger charge is 2.21. The predicted molar refractivity (Wildman–Crippen MR) is 78.5 cm³/mol. The summed E-state index contributed by atoms with van der Waals surface area (Å²) < 4.78 is 0. The Bertz CT molecular complexity index is 494. The van der Waals surface area contributed by atoms with E-state index < -0.39 is 5.97 Å². The third-order valence-electron chi connectivity index (χ3n) is 3.84. The van der Waals surface area contributed by atoms with Crippen LogP contribution in [0, 0.1) is 12.8 Å². The molecule has 3 nitrogen and oxygen atoms in total. The Morgan fingerprint density at radius 1 is 1.53 bits per heavy atom. The summed E-state index contributed by atoms with van der Waals surface area (Å²) in [6, 6.07) is 6.14. The van der Waals surface area contributed by atoms with Crippen molar-refractivity contribution in [3.8, 4) is 0 Å². The third-order valence-corrected chi connectivity index (χ3v) is 3.84. The lowest BCUT2D eigenvalue weighted by Gasteiger charge is -2.21. The standard InChI is InChI=1S/C16H21NO2/c1-3-13-8-9-17(11-13)15-6-4-14(10-12(15)2)5-7-16(18)19/h4-7,10,13H,3,8-9,11H2,1-2H3,(H,18,19)/b7-5+. The van der Waals surface area contributed by atoms with Crippen molar-refractivity contribution in [2.24, 2.45) is 5.92 Å². The molecule has 0 aromatic heterocycles. The molecule has 1 saturated heterocycles. The second-order valence-corrected chi connectivity index (χ2v) is 5.23. The average molecular weight is 259 g/mol. The zero-order valence-electron chi connectivity index (χ0n) is 11.6. The molecule has 19 heavy (non-hydrogen) atoms. The van der Waals surface area contributed by atoms with Crippen molar-refractivity contribution >= 4 is 17.7 Å². The molecule has 1 atom stereocenters. The monoisotopic (exact) mass is 259 g/mol. The SMILES string of the molecule is CCC1CCN(c2ccc(/C=C/C(=O)O)cc2C)C1. The van der Waals surface area contributed by atoms with Gasteiger partial charge in [0.05, 0.1) is 0 Å². The van der Waals surface area contributed by atoms with Crippen molar-refractivity contribution in [2.75, 3.05) is 18.0 Å². The van der Waals surface area contributed by atoms with Gasteiger partial charge in [0.2, 0.25) is 0 Å². The van der Waals surface area contributed by atoms with Crippen LogP contribution in [0.5, 0.6) is 0 Å². The van der Waals surface area contributed by atoms with Gasteiger partial charge in [0, 0.05) is 24.9 Å². The van der Waals surface area contributed by atoms with E-state index in [2.05, 4.69) is 24.8 Å². The number of benzene rings is 1. The maximum Gasteiger partial charge on any atom is 0.328 e. The minimum Gasteiger partial charge on any atom is -0.478 e. The summed E-state index contributed by atoms with van der Waals surface area (Å²) in [5.41, 5.74) is 3.43. The molecular formula is C16H21NO2. The molecule has 1 unspecified atom stereocenters. The molecule has 0 bridgehead atoms. The van der Waals surface area contributed by atoms with Gasteiger partial charge in [-0.05, 0) is 48.6 Å². The first-order chi connectivity index (χ1) is 9.10. The highest BCUT2D eigenvalue weighted by molar-refractivity contribution is 5.85. The number of carbonyl (C=O) groups is 1. The molecule has 0 spiro atoms. The van der Waals surface area contributed by atoms with Crippen molar-refractivity contribution in [3.05, 3.63) is 35.4 Å². The van der Waals surface area contributed by atoms with E-state index in [1.54, 1.807) is 6.08 Å². The van der Waals surface area contributed by atoms with Gasteiger partial charge in [-0.25, -0.2) is 4.79 Å². The number of aliphatic carboxylic acids is 1. The maximum absolute atomic E-state index is 10.5. The summed E-state index contributed by atoms with van der Waals surface area (Å²) in [6.07, 6.45) is 5.33. The van der Waals surface area contributed by atoms with Crippen LogP contribution < -0.4 is 4.90 Å².